The van der Waals surface area contributed by atoms with E-state index in [0.717, 1.165) is 19.4 Å². The summed E-state index contributed by atoms with van der Waals surface area (Å²) in [5.41, 5.74) is 7.94. The van der Waals surface area contributed by atoms with Gasteiger partial charge in [0.25, 0.3) is 0 Å². The molecule has 0 bridgehead atoms. The second-order valence-electron chi connectivity index (χ2n) is 6.65. The highest BCUT2D eigenvalue weighted by Gasteiger charge is 2.15. The van der Waals surface area contributed by atoms with Crippen LogP contribution in [0, 0.1) is 6.92 Å². The standard InChI is InChI=1S/C24H27N/c1-4-15-25-16-7-10-23(24(25)5-2)22-13-11-20(12-14-22)18-21-9-6-8-19(3)17-21/h5-14,16-17H,4,15,18H2,1-3H3/b24-5-. The summed E-state index contributed by atoms with van der Waals surface area (Å²) in [6.07, 6.45) is 10.9. The lowest BCUT2D eigenvalue weighted by Crippen LogP contribution is -2.20. The van der Waals surface area contributed by atoms with Gasteiger partial charge in [-0.1, -0.05) is 73.2 Å². The van der Waals surface area contributed by atoms with Crippen molar-refractivity contribution in [3.05, 3.63) is 101 Å². The van der Waals surface area contributed by atoms with Crippen LogP contribution in [0.2, 0.25) is 0 Å². The number of benzene rings is 2. The van der Waals surface area contributed by atoms with E-state index in [-0.39, 0.29) is 0 Å². The van der Waals surface area contributed by atoms with Gasteiger partial charge in [0, 0.05) is 24.0 Å². The number of rotatable bonds is 5. The van der Waals surface area contributed by atoms with E-state index in [2.05, 4.69) is 98.6 Å². The molecule has 0 saturated carbocycles. The van der Waals surface area contributed by atoms with Gasteiger partial charge >= 0.3 is 0 Å². The SMILES string of the molecule is C/C=C1/C(c2ccc(Cc3cccc(C)c3)cc2)=CC=CN1CCC. The number of allylic oxidation sites excluding steroid dienone is 4. The topological polar surface area (TPSA) is 3.24 Å². The van der Waals surface area contributed by atoms with Gasteiger partial charge in [0.15, 0.2) is 0 Å². The van der Waals surface area contributed by atoms with E-state index in [1.807, 2.05) is 0 Å². The van der Waals surface area contributed by atoms with Gasteiger partial charge in [0.1, 0.15) is 0 Å². The van der Waals surface area contributed by atoms with Gasteiger partial charge in [-0.05, 0) is 49.5 Å². The molecule has 0 fully saturated rings. The molecule has 0 unspecified atom stereocenters. The monoisotopic (exact) mass is 329 g/mol. The van der Waals surface area contributed by atoms with E-state index in [4.69, 9.17) is 0 Å². The van der Waals surface area contributed by atoms with Crippen LogP contribution in [-0.2, 0) is 6.42 Å². The van der Waals surface area contributed by atoms with Crippen molar-refractivity contribution in [3.63, 3.8) is 0 Å². The van der Waals surface area contributed by atoms with Gasteiger partial charge in [0.2, 0.25) is 0 Å². The fraction of sp³-hybridized carbons (Fsp3) is 0.250. The third kappa shape index (κ3) is 4.11. The lowest BCUT2D eigenvalue weighted by atomic mass is 9.96. The molecule has 0 radical (unpaired) electrons. The normalized spacial score (nSPS) is 15.6. The van der Waals surface area contributed by atoms with E-state index in [1.165, 1.54) is 33.5 Å². The Labute approximate surface area is 152 Å². The number of nitrogens with zero attached hydrogens (tertiary/aromatic N) is 1. The summed E-state index contributed by atoms with van der Waals surface area (Å²) in [6, 6.07) is 17.8. The molecule has 1 heteroatoms. The number of hydrogen-bond acceptors (Lipinski definition) is 1. The quantitative estimate of drug-likeness (QED) is 0.639. The molecular weight excluding hydrogens is 302 g/mol. The number of hydrogen-bond donors (Lipinski definition) is 0. The Morgan fingerprint density at radius 2 is 1.80 bits per heavy atom. The highest BCUT2D eigenvalue weighted by molar-refractivity contribution is 5.80. The lowest BCUT2D eigenvalue weighted by Gasteiger charge is -2.28. The summed E-state index contributed by atoms with van der Waals surface area (Å²) < 4.78 is 0. The summed E-state index contributed by atoms with van der Waals surface area (Å²) in [5.74, 6) is 0. The fourth-order valence-corrected chi connectivity index (χ4v) is 3.42. The Kier molecular flexibility index (Phi) is 5.55. The third-order valence-electron chi connectivity index (χ3n) is 4.61. The van der Waals surface area contributed by atoms with Crippen LogP contribution in [0.1, 0.15) is 42.5 Å². The van der Waals surface area contributed by atoms with E-state index >= 15 is 0 Å². The van der Waals surface area contributed by atoms with E-state index in [1.54, 1.807) is 0 Å². The van der Waals surface area contributed by atoms with Crippen molar-refractivity contribution in [3.8, 4) is 0 Å². The summed E-state index contributed by atoms with van der Waals surface area (Å²) >= 11 is 0. The van der Waals surface area contributed by atoms with Crippen LogP contribution in [0.3, 0.4) is 0 Å². The molecule has 128 valence electrons. The molecule has 0 N–H and O–H groups in total. The Balaban J connectivity index is 1.80. The molecule has 0 atom stereocenters. The molecular formula is C24H27N. The van der Waals surface area contributed by atoms with Crippen molar-refractivity contribution in [2.45, 2.75) is 33.6 Å². The highest BCUT2D eigenvalue weighted by atomic mass is 15.1. The molecule has 1 aliphatic rings. The van der Waals surface area contributed by atoms with E-state index in [9.17, 15) is 0 Å². The zero-order valence-corrected chi connectivity index (χ0v) is 15.5. The van der Waals surface area contributed by atoms with Crippen LogP contribution in [0.15, 0.2) is 78.7 Å². The first-order valence-corrected chi connectivity index (χ1v) is 9.18. The second kappa shape index (κ2) is 8.02. The molecule has 3 rings (SSSR count). The molecule has 1 heterocycles. The second-order valence-corrected chi connectivity index (χ2v) is 6.65. The van der Waals surface area contributed by atoms with E-state index < -0.39 is 0 Å². The van der Waals surface area contributed by atoms with Crippen molar-refractivity contribution in [1.29, 1.82) is 0 Å². The minimum atomic E-state index is 0.985. The predicted octanol–water partition coefficient (Wildman–Crippen LogP) is 6.11. The first kappa shape index (κ1) is 17.3. The third-order valence-corrected chi connectivity index (χ3v) is 4.61. The van der Waals surface area contributed by atoms with Crippen molar-refractivity contribution < 1.29 is 0 Å². The fourth-order valence-electron chi connectivity index (χ4n) is 3.42. The lowest BCUT2D eigenvalue weighted by molar-refractivity contribution is 0.475. The predicted molar refractivity (Wildman–Crippen MR) is 108 cm³/mol. The van der Waals surface area contributed by atoms with Crippen LogP contribution in [0.25, 0.3) is 5.57 Å². The Morgan fingerprint density at radius 3 is 2.48 bits per heavy atom. The summed E-state index contributed by atoms with van der Waals surface area (Å²) in [4.78, 5) is 2.34. The maximum atomic E-state index is 2.34. The zero-order chi connectivity index (χ0) is 17.6. The van der Waals surface area contributed by atoms with Gasteiger partial charge in [0.05, 0.1) is 0 Å². The summed E-state index contributed by atoms with van der Waals surface area (Å²) in [7, 11) is 0. The molecule has 1 nitrogen and oxygen atoms in total. The van der Waals surface area contributed by atoms with Crippen molar-refractivity contribution in [1.82, 2.24) is 4.90 Å². The largest absolute Gasteiger partial charge is 0.348 e. The average molecular weight is 329 g/mol. The van der Waals surface area contributed by atoms with Crippen LogP contribution in [0.5, 0.6) is 0 Å². The first-order chi connectivity index (χ1) is 12.2. The maximum Gasteiger partial charge on any atom is 0.0442 e. The Hall–Kier alpha value is -2.54. The van der Waals surface area contributed by atoms with Crippen molar-refractivity contribution in [2.75, 3.05) is 6.54 Å². The summed E-state index contributed by atoms with van der Waals surface area (Å²) in [6.45, 7) is 7.55. The van der Waals surface area contributed by atoms with Crippen LogP contribution in [-0.4, -0.2) is 11.4 Å². The number of aryl methyl sites for hydroxylation is 1. The molecule has 2 aromatic carbocycles. The minimum Gasteiger partial charge on any atom is -0.348 e. The first-order valence-electron chi connectivity index (χ1n) is 9.18. The van der Waals surface area contributed by atoms with Gasteiger partial charge in [-0.25, -0.2) is 0 Å². The van der Waals surface area contributed by atoms with Gasteiger partial charge in [-0.3, -0.25) is 0 Å². The molecule has 1 aliphatic heterocycles. The van der Waals surface area contributed by atoms with E-state index in [0.29, 0.717) is 0 Å². The Morgan fingerprint density at radius 1 is 1.00 bits per heavy atom. The zero-order valence-electron chi connectivity index (χ0n) is 15.5. The molecule has 25 heavy (non-hydrogen) atoms. The maximum absolute atomic E-state index is 2.34. The average Bonchev–Trinajstić information content (AvgIpc) is 2.62. The van der Waals surface area contributed by atoms with Crippen LogP contribution < -0.4 is 0 Å². The Bertz CT molecular complexity index is 806. The molecule has 0 saturated heterocycles. The van der Waals surface area contributed by atoms with Crippen molar-refractivity contribution in [2.24, 2.45) is 0 Å². The summed E-state index contributed by atoms with van der Waals surface area (Å²) in [5, 5.41) is 0. The van der Waals surface area contributed by atoms with Crippen LogP contribution >= 0.6 is 0 Å². The smallest absolute Gasteiger partial charge is 0.0442 e. The van der Waals surface area contributed by atoms with Gasteiger partial charge in [-0.2, -0.15) is 0 Å². The van der Waals surface area contributed by atoms with Gasteiger partial charge in [-0.15, -0.1) is 0 Å². The minimum absolute atomic E-state index is 0.985. The molecule has 0 spiro atoms. The van der Waals surface area contributed by atoms with Crippen LogP contribution in [0.4, 0.5) is 0 Å². The van der Waals surface area contributed by atoms with Crippen molar-refractivity contribution >= 4 is 5.57 Å². The molecule has 2 aromatic rings. The van der Waals surface area contributed by atoms with Gasteiger partial charge < -0.3 is 4.90 Å². The molecule has 0 aliphatic carbocycles. The highest BCUT2D eigenvalue weighted by Crippen LogP contribution is 2.30. The molecule has 0 aromatic heterocycles. The molecule has 0 amide bonds.